The van der Waals surface area contributed by atoms with Crippen molar-refractivity contribution >= 4 is 40.3 Å². The van der Waals surface area contributed by atoms with Crippen LogP contribution in [0.3, 0.4) is 0 Å². The lowest BCUT2D eigenvalue weighted by molar-refractivity contribution is -0.125. The van der Waals surface area contributed by atoms with E-state index in [1.807, 2.05) is 6.92 Å². The minimum absolute atomic E-state index is 0.195. The number of esters is 1. The molecule has 0 radical (unpaired) electrons. The van der Waals surface area contributed by atoms with Gasteiger partial charge >= 0.3 is 5.97 Å². The van der Waals surface area contributed by atoms with Crippen molar-refractivity contribution in [3.63, 3.8) is 0 Å². The first-order chi connectivity index (χ1) is 15.9. The minimum atomic E-state index is -0.719. The van der Waals surface area contributed by atoms with Crippen molar-refractivity contribution < 1.29 is 23.5 Å². The van der Waals surface area contributed by atoms with Gasteiger partial charge in [-0.2, -0.15) is 0 Å². The Kier molecular flexibility index (Phi) is 6.37. The summed E-state index contributed by atoms with van der Waals surface area (Å²) in [5.41, 5.74) is 5.89. The van der Waals surface area contributed by atoms with Gasteiger partial charge in [0.2, 0.25) is 0 Å². The summed E-state index contributed by atoms with van der Waals surface area (Å²) in [7, 11) is 0. The molecule has 2 aromatic heterocycles. The number of fused-ring (bicyclic) bond motifs is 1. The van der Waals surface area contributed by atoms with Crippen molar-refractivity contribution in [3.8, 4) is 11.5 Å². The molecular formula is C24H18ClN3O5. The molecule has 0 fully saturated rings. The highest BCUT2D eigenvalue weighted by molar-refractivity contribution is 6.33. The average Bonchev–Trinajstić information content (AvgIpc) is 3.26. The fourth-order valence-electron chi connectivity index (χ4n) is 3.13. The van der Waals surface area contributed by atoms with E-state index in [4.69, 9.17) is 20.8 Å². The highest BCUT2D eigenvalue weighted by atomic mass is 35.5. The van der Waals surface area contributed by atoms with Crippen molar-refractivity contribution in [1.82, 2.24) is 15.8 Å². The Bertz CT molecular complexity index is 1370. The zero-order valence-electron chi connectivity index (χ0n) is 17.4. The van der Waals surface area contributed by atoms with E-state index >= 15 is 0 Å². The van der Waals surface area contributed by atoms with Gasteiger partial charge in [0.1, 0.15) is 11.5 Å². The lowest BCUT2D eigenvalue weighted by atomic mass is 10.1. The summed E-state index contributed by atoms with van der Waals surface area (Å²) in [4.78, 5) is 41.5. The number of aromatic nitrogens is 1. The van der Waals surface area contributed by atoms with Crippen LogP contribution < -0.4 is 10.9 Å². The molecule has 2 amide bonds. The second-order valence-corrected chi connectivity index (χ2v) is 7.45. The fourth-order valence-corrected chi connectivity index (χ4v) is 3.35. The van der Waals surface area contributed by atoms with Gasteiger partial charge in [0.05, 0.1) is 21.7 Å². The Morgan fingerprint density at radius 1 is 0.970 bits per heavy atom. The highest BCUT2D eigenvalue weighted by Gasteiger charge is 2.18. The molecule has 0 bridgehead atoms. The van der Waals surface area contributed by atoms with Crippen LogP contribution in [-0.4, -0.2) is 29.4 Å². The monoisotopic (exact) mass is 463 g/mol. The molecule has 0 saturated heterocycles. The number of amides is 2. The summed E-state index contributed by atoms with van der Waals surface area (Å²) < 4.78 is 10.8. The lowest BCUT2D eigenvalue weighted by Crippen LogP contribution is -2.43. The molecule has 8 nitrogen and oxygen atoms in total. The summed E-state index contributed by atoms with van der Waals surface area (Å²) >= 11 is 5.96. The number of ether oxygens (including phenoxy) is 1. The average molecular weight is 464 g/mol. The number of benzene rings is 2. The van der Waals surface area contributed by atoms with Gasteiger partial charge in [0, 0.05) is 5.39 Å². The maximum absolute atomic E-state index is 12.8. The van der Waals surface area contributed by atoms with Crippen LogP contribution in [0, 0.1) is 6.92 Å². The third-order valence-electron chi connectivity index (χ3n) is 4.70. The summed E-state index contributed by atoms with van der Waals surface area (Å²) in [6.45, 7) is 1.20. The van der Waals surface area contributed by atoms with Crippen molar-refractivity contribution in [2.24, 2.45) is 0 Å². The number of carbonyl (C=O) groups is 3. The molecule has 2 N–H and O–H groups in total. The molecule has 166 valence electrons. The number of carbonyl (C=O) groups excluding carboxylic acids is 3. The number of aryl methyl sites for hydroxylation is 1. The molecule has 0 saturated carbocycles. The quantitative estimate of drug-likeness (QED) is 0.341. The molecule has 0 unspecified atom stereocenters. The minimum Gasteiger partial charge on any atom is -0.460 e. The number of halogens is 1. The predicted octanol–water partition coefficient (Wildman–Crippen LogP) is 4.07. The number of para-hydroxylation sites is 1. The van der Waals surface area contributed by atoms with Crippen LogP contribution in [-0.2, 0) is 9.53 Å². The molecule has 0 aliphatic heterocycles. The third-order valence-corrected chi connectivity index (χ3v) is 5.03. The number of rotatable bonds is 5. The standard InChI is InChI=1S/C24H18ClN3O5/c1-14-10-11-21(33-14)20-12-17(15-6-3-5-9-19(15)26-20)24(31)32-13-22(29)27-28-23(30)16-7-2-4-8-18(16)25/h2-12H,13H2,1H3,(H,27,29)(H,28,30). The van der Waals surface area contributed by atoms with Crippen LogP contribution >= 0.6 is 11.6 Å². The van der Waals surface area contributed by atoms with Crippen molar-refractivity contribution in [1.29, 1.82) is 0 Å². The third kappa shape index (κ3) is 5.02. The zero-order valence-corrected chi connectivity index (χ0v) is 18.2. The molecule has 0 aliphatic rings. The van der Waals surface area contributed by atoms with E-state index < -0.39 is 24.4 Å². The smallest absolute Gasteiger partial charge is 0.339 e. The van der Waals surface area contributed by atoms with Crippen LogP contribution in [0.2, 0.25) is 5.02 Å². The van der Waals surface area contributed by atoms with E-state index in [0.29, 0.717) is 28.1 Å². The van der Waals surface area contributed by atoms with E-state index in [1.54, 1.807) is 60.7 Å². The molecular weight excluding hydrogens is 446 g/mol. The van der Waals surface area contributed by atoms with Crippen LogP contribution in [0.4, 0.5) is 0 Å². The Hall–Kier alpha value is -4.17. The summed E-state index contributed by atoms with van der Waals surface area (Å²) in [5.74, 6) is -0.819. The zero-order chi connectivity index (χ0) is 23.4. The maximum Gasteiger partial charge on any atom is 0.339 e. The van der Waals surface area contributed by atoms with E-state index in [1.165, 1.54) is 6.07 Å². The first kappa shape index (κ1) is 22.0. The van der Waals surface area contributed by atoms with Gasteiger partial charge < -0.3 is 9.15 Å². The number of hydrogen-bond donors (Lipinski definition) is 2. The SMILES string of the molecule is Cc1ccc(-c2cc(C(=O)OCC(=O)NNC(=O)c3ccccc3Cl)c3ccccc3n2)o1. The van der Waals surface area contributed by atoms with Gasteiger partial charge in [-0.15, -0.1) is 0 Å². The van der Waals surface area contributed by atoms with Crippen LogP contribution in [0.25, 0.3) is 22.4 Å². The largest absolute Gasteiger partial charge is 0.460 e. The van der Waals surface area contributed by atoms with Gasteiger partial charge in [-0.25, -0.2) is 9.78 Å². The number of pyridine rings is 1. The highest BCUT2D eigenvalue weighted by Crippen LogP contribution is 2.26. The Balaban J connectivity index is 1.45. The van der Waals surface area contributed by atoms with Crippen molar-refractivity contribution in [2.45, 2.75) is 6.92 Å². The van der Waals surface area contributed by atoms with Crippen molar-refractivity contribution in [2.75, 3.05) is 6.61 Å². The molecule has 0 spiro atoms. The van der Waals surface area contributed by atoms with Crippen LogP contribution in [0.15, 0.2) is 71.1 Å². The first-order valence-corrected chi connectivity index (χ1v) is 10.3. The van der Waals surface area contributed by atoms with Crippen LogP contribution in [0.5, 0.6) is 0 Å². The summed E-state index contributed by atoms with van der Waals surface area (Å²) in [6, 6.07) is 18.6. The first-order valence-electron chi connectivity index (χ1n) is 9.90. The molecule has 2 aromatic carbocycles. The number of hydrogen-bond acceptors (Lipinski definition) is 6. The molecule has 0 aliphatic carbocycles. The Labute approximate surface area is 193 Å². The molecule has 4 aromatic rings. The Morgan fingerprint density at radius 3 is 2.48 bits per heavy atom. The van der Waals surface area contributed by atoms with Gasteiger partial charge in [-0.1, -0.05) is 41.9 Å². The van der Waals surface area contributed by atoms with E-state index in [0.717, 1.165) is 0 Å². The summed E-state index contributed by atoms with van der Waals surface area (Å²) in [6.07, 6.45) is 0. The van der Waals surface area contributed by atoms with E-state index in [-0.39, 0.29) is 16.1 Å². The topological polar surface area (TPSA) is 111 Å². The number of nitrogens with one attached hydrogen (secondary N) is 2. The summed E-state index contributed by atoms with van der Waals surface area (Å²) in [5, 5.41) is 0.810. The number of furan rings is 1. The maximum atomic E-state index is 12.8. The fraction of sp³-hybridized carbons (Fsp3) is 0.0833. The molecule has 2 heterocycles. The second kappa shape index (κ2) is 9.54. The second-order valence-electron chi connectivity index (χ2n) is 7.04. The molecule has 0 atom stereocenters. The van der Waals surface area contributed by atoms with Gasteiger partial charge in [0.15, 0.2) is 12.4 Å². The Morgan fingerprint density at radius 2 is 1.73 bits per heavy atom. The van der Waals surface area contributed by atoms with Gasteiger partial charge in [-0.05, 0) is 43.3 Å². The van der Waals surface area contributed by atoms with Crippen molar-refractivity contribution in [3.05, 3.63) is 88.6 Å². The predicted molar refractivity (Wildman–Crippen MR) is 122 cm³/mol. The van der Waals surface area contributed by atoms with Gasteiger partial charge in [0.25, 0.3) is 11.8 Å². The normalized spacial score (nSPS) is 10.6. The lowest BCUT2D eigenvalue weighted by Gasteiger charge is -2.10. The number of nitrogens with zero attached hydrogens (tertiary/aromatic N) is 1. The number of hydrazine groups is 1. The van der Waals surface area contributed by atoms with E-state index in [9.17, 15) is 14.4 Å². The van der Waals surface area contributed by atoms with Gasteiger partial charge in [-0.3, -0.25) is 20.4 Å². The molecule has 9 heteroatoms. The molecule has 4 rings (SSSR count). The van der Waals surface area contributed by atoms with E-state index in [2.05, 4.69) is 15.8 Å². The van der Waals surface area contributed by atoms with Crippen LogP contribution in [0.1, 0.15) is 26.5 Å². The molecule has 33 heavy (non-hydrogen) atoms.